The lowest BCUT2D eigenvalue weighted by atomic mass is 9.97. The van der Waals surface area contributed by atoms with Crippen molar-refractivity contribution >= 4 is 27.5 Å². The average Bonchev–Trinajstić information content (AvgIpc) is 2.32. The molecule has 0 saturated carbocycles. The number of nitriles is 1. The average molecular weight is 308 g/mol. The Hall–Kier alpha value is -1.54. The van der Waals surface area contributed by atoms with Gasteiger partial charge in [-0.15, -0.1) is 0 Å². The van der Waals surface area contributed by atoms with E-state index in [9.17, 15) is 10.1 Å². The van der Waals surface area contributed by atoms with Crippen molar-refractivity contribution in [2.75, 3.05) is 18.0 Å². The number of piperazine rings is 1. The fraction of sp³-hybridized carbons (Fsp3) is 0.385. The topological polar surface area (TPSA) is 56.1 Å². The lowest BCUT2D eigenvalue weighted by Crippen LogP contribution is -2.62. The highest BCUT2D eigenvalue weighted by molar-refractivity contribution is 9.10. The molecule has 0 bridgehead atoms. The van der Waals surface area contributed by atoms with Gasteiger partial charge in [-0.05, 0) is 32.0 Å². The van der Waals surface area contributed by atoms with Crippen molar-refractivity contribution in [2.24, 2.45) is 0 Å². The van der Waals surface area contributed by atoms with Crippen molar-refractivity contribution in [1.82, 2.24) is 5.32 Å². The lowest BCUT2D eigenvalue weighted by Gasteiger charge is -2.43. The van der Waals surface area contributed by atoms with E-state index >= 15 is 0 Å². The molecule has 94 valence electrons. The minimum atomic E-state index is -0.648. The van der Waals surface area contributed by atoms with Gasteiger partial charge in [0, 0.05) is 17.6 Å². The zero-order valence-electron chi connectivity index (χ0n) is 10.3. The van der Waals surface area contributed by atoms with Crippen LogP contribution in [0.2, 0.25) is 0 Å². The number of hydrogen-bond acceptors (Lipinski definition) is 3. The van der Waals surface area contributed by atoms with Crippen LogP contribution in [0.5, 0.6) is 0 Å². The molecule has 1 saturated heterocycles. The van der Waals surface area contributed by atoms with E-state index in [1.807, 2.05) is 30.9 Å². The van der Waals surface area contributed by atoms with Gasteiger partial charge in [-0.2, -0.15) is 5.26 Å². The van der Waals surface area contributed by atoms with Crippen LogP contribution in [0, 0.1) is 11.3 Å². The second-order valence-electron chi connectivity index (χ2n) is 4.74. The first-order valence-corrected chi connectivity index (χ1v) is 6.51. The number of halogens is 1. The number of hydrogen-bond donors (Lipinski definition) is 1. The SMILES string of the molecule is CC1(C)C(=O)NCCN1c1cc(Br)ccc1C#N. The molecule has 1 N–H and O–H groups in total. The molecule has 0 spiro atoms. The van der Waals surface area contributed by atoms with E-state index in [0.29, 0.717) is 18.7 Å². The van der Waals surface area contributed by atoms with Crippen molar-refractivity contribution in [3.05, 3.63) is 28.2 Å². The summed E-state index contributed by atoms with van der Waals surface area (Å²) < 4.78 is 0.901. The number of nitrogens with zero attached hydrogens (tertiary/aromatic N) is 2. The summed E-state index contributed by atoms with van der Waals surface area (Å²) in [6, 6.07) is 7.66. The molecule has 1 aromatic rings. The maximum Gasteiger partial charge on any atom is 0.245 e. The molecular formula is C13H14BrN3O. The number of rotatable bonds is 1. The number of carbonyl (C=O) groups excluding carboxylic acids is 1. The first-order chi connectivity index (χ1) is 8.46. The summed E-state index contributed by atoms with van der Waals surface area (Å²) in [5.74, 6) is -0.0161. The van der Waals surface area contributed by atoms with Crippen LogP contribution in [-0.2, 0) is 4.79 Å². The molecule has 5 heteroatoms. The molecule has 4 nitrogen and oxygen atoms in total. The van der Waals surface area contributed by atoms with E-state index in [0.717, 1.165) is 10.2 Å². The minimum absolute atomic E-state index is 0.0161. The number of benzene rings is 1. The predicted octanol–water partition coefficient (Wildman–Crippen LogP) is 2.04. The Bertz CT molecular complexity index is 534. The van der Waals surface area contributed by atoms with Crippen molar-refractivity contribution in [1.29, 1.82) is 5.26 Å². The summed E-state index contributed by atoms with van der Waals surface area (Å²) in [6.45, 7) is 5.02. The molecule has 0 unspecified atom stereocenters. The molecule has 1 aliphatic heterocycles. The van der Waals surface area contributed by atoms with Crippen LogP contribution in [0.3, 0.4) is 0 Å². The minimum Gasteiger partial charge on any atom is -0.355 e. The summed E-state index contributed by atoms with van der Waals surface area (Å²) >= 11 is 3.41. The molecule has 18 heavy (non-hydrogen) atoms. The Morgan fingerprint density at radius 3 is 2.89 bits per heavy atom. The highest BCUT2D eigenvalue weighted by atomic mass is 79.9. The summed E-state index contributed by atoms with van der Waals surface area (Å²) in [4.78, 5) is 13.9. The Morgan fingerprint density at radius 2 is 2.22 bits per heavy atom. The molecule has 0 aromatic heterocycles. The molecule has 0 radical (unpaired) electrons. The third-order valence-electron chi connectivity index (χ3n) is 3.22. The molecule has 1 heterocycles. The van der Waals surface area contributed by atoms with Crippen molar-refractivity contribution < 1.29 is 4.79 Å². The van der Waals surface area contributed by atoms with Gasteiger partial charge in [0.15, 0.2) is 0 Å². The quantitative estimate of drug-likeness (QED) is 0.864. The van der Waals surface area contributed by atoms with Gasteiger partial charge < -0.3 is 10.2 Å². The van der Waals surface area contributed by atoms with Gasteiger partial charge >= 0.3 is 0 Å². The standard InChI is InChI=1S/C13H14BrN3O/c1-13(2)12(18)16-5-6-17(13)11-7-10(14)4-3-9(11)8-15/h3-4,7H,5-6H2,1-2H3,(H,16,18). The number of carbonyl (C=O) groups is 1. The van der Waals surface area contributed by atoms with E-state index in [1.165, 1.54) is 0 Å². The normalized spacial score (nSPS) is 18.1. The fourth-order valence-corrected chi connectivity index (χ4v) is 2.49. The van der Waals surface area contributed by atoms with E-state index in [4.69, 9.17) is 0 Å². The lowest BCUT2D eigenvalue weighted by molar-refractivity contribution is -0.126. The van der Waals surface area contributed by atoms with Gasteiger partial charge in [-0.3, -0.25) is 4.79 Å². The van der Waals surface area contributed by atoms with Crippen LogP contribution in [0.15, 0.2) is 22.7 Å². The molecule has 1 amide bonds. The van der Waals surface area contributed by atoms with Crippen LogP contribution in [0.25, 0.3) is 0 Å². The second kappa shape index (κ2) is 4.62. The number of anilines is 1. The molecule has 0 atom stereocenters. The smallest absolute Gasteiger partial charge is 0.245 e. The van der Waals surface area contributed by atoms with Crippen LogP contribution in [0.4, 0.5) is 5.69 Å². The van der Waals surface area contributed by atoms with Crippen LogP contribution >= 0.6 is 15.9 Å². The van der Waals surface area contributed by atoms with Gasteiger partial charge in [0.05, 0.1) is 11.3 Å². The summed E-state index contributed by atoms with van der Waals surface area (Å²) in [7, 11) is 0. The van der Waals surface area contributed by atoms with Gasteiger partial charge in [0.1, 0.15) is 11.6 Å². The van der Waals surface area contributed by atoms with Crippen LogP contribution in [0.1, 0.15) is 19.4 Å². The predicted molar refractivity (Wildman–Crippen MR) is 73.3 cm³/mol. The van der Waals surface area contributed by atoms with Crippen LogP contribution < -0.4 is 10.2 Å². The summed E-state index contributed by atoms with van der Waals surface area (Å²) in [5.41, 5.74) is 0.734. The van der Waals surface area contributed by atoms with E-state index in [1.54, 1.807) is 6.07 Å². The molecule has 1 fully saturated rings. The Morgan fingerprint density at radius 1 is 1.50 bits per heavy atom. The van der Waals surface area contributed by atoms with Crippen molar-refractivity contribution in [2.45, 2.75) is 19.4 Å². The third-order valence-corrected chi connectivity index (χ3v) is 3.72. The monoisotopic (exact) mass is 307 g/mol. The third kappa shape index (κ3) is 2.08. The van der Waals surface area contributed by atoms with E-state index in [2.05, 4.69) is 27.3 Å². The Balaban J connectivity index is 2.51. The highest BCUT2D eigenvalue weighted by Crippen LogP contribution is 2.31. The van der Waals surface area contributed by atoms with Crippen molar-refractivity contribution in [3.8, 4) is 6.07 Å². The summed E-state index contributed by atoms with van der Waals surface area (Å²) in [5, 5.41) is 12.0. The largest absolute Gasteiger partial charge is 0.355 e. The zero-order valence-corrected chi connectivity index (χ0v) is 11.9. The van der Waals surface area contributed by atoms with Crippen LogP contribution in [-0.4, -0.2) is 24.5 Å². The highest BCUT2D eigenvalue weighted by Gasteiger charge is 2.38. The Kier molecular flexibility index (Phi) is 3.31. The molecule has 0 aliphatic carbocycles. The maximum atomic E-state index is 11.9. The summed E-state index contributed by atoms with van der Waals surface area (Å²) in [6.07, 6.45) is 0. The molecule has 2 rings (SSSR count). The van der Waals surface area contributed by atoms with Gasteiger partial charge in [-0.25, -0.2) is 0 Å². The Labute approximate surface area is 115 Å². The zero-order chi connectivity index (χ0) is 13.3. The molecule has 1 aliphatic rings. The maximum absolute atomic E-state index is 11.9. The molecular weight excluding hydrogens is 294 g/mol. The van der Waals surface area contributed by atoms with Gasteiger partial charge in [-0.1, -0.05) is 15.9 Å². The van der Waals surface area contributed by atoms with E-state index < -0.39 is 5.54 Å². The first kappa shape index (κ1) is 12.9. The first-order valence-electron chi connectivity index (χ1n) is 5.72. The number of amides is 1. The number of nitrogens with one attached hydrogen (secondary N) is 1. The van der Waals surface area contributed by atoms with Gasteiger partial charge in [0.2, 0.25) is 5.91 Å². The van der Waals surface area contributed by atoms with Gasteiger partial charge in [0.25, 0.3) is 0 Å². The van der Waals surface area contributed by atoms with Crippen molar-refractivity contribution in [3.63, 3.8) is 0 Å². The second-order valence-corrected chi connectivity index (χ2v) is 5.66. The van der Waals surface area contributed by atoms with E-state index in [-0.39, 0.29) is 5.91 Å². The molecule has 1 aromatic carbocycles. The fourth-order valence-electron chi connectivity index (χ4n) is 2.14.